The molecule has 0 aromatic carbocycles. The van der Waals surface area contributed by atoms with E-state index in [4.69, 9.17) is 0 Å². The summed E-state index contributed by atoms with van der Waals surface area (Å²) in [5, 5.41) is 8.99. The van der Waals surface area contributed by atoms with Gasteiger partial charge in [-0.3, -0.25) is 14.3 Å². The van der Waals surface area contributed by atoms with Crippen molar-refractivity contribution in [2.24, 2.45) is 11.8 Å². The number of aromatic nitrogens is 3. The van der Waals surface area contributed by atoms with Crippen molar-refractivity contribution < 1.29 is 9.59 Å². The standard InChI is InChI=1S/C16H19N5O2S/c1-10-4-13(10)16(23)20-6-11-2-3-19-21(11)12(7-20)5-17-15(22)14-8-24-9-18-14/h2-3,8-10,12-13H,4-7H2,1H3,(H,17,22)/t10-,12+,13-/m1/s1. The summed E-state index contributed by atoms with van der Waals surface area (Å²) in [4.78, 5) is 30.6. The van der Waals surface area contributed by atoms with Gasteiger partial charge in [0, 0.05) is 30.6 Å². The molecule has 2 aliphatic rings. The van der Waals surface area contributed by atoms with Crippen LogP contribution in [0.1, 0.15) is 35.6 Å². The number of nitrogens with zero attached hydrogens (tertiary/aromatic N) is 4. The van der Waals surface area contributed by atoms with Crippen LogP contribution in [-0.2, 0) is 11.3 Å². The van der Waals surface area contributed by atoms with E-state index in [9.17, 15) is 9.59 Å². The summed E-state index contributed by atoms with van der Waals surface area (Å²) >= 11 is 1.39. The van der Waals surface area contributed by atoms with Gasteiger partial charge in [-0.05, 0) is 18.4 Å². The second-order valence-corrected chi connectivity index (χ2v) is 7.26. The van der Waals surface area contributed by atoms with Gasteiger partial charge in [-0.1, -0.05) is 6.92 Å². The Morgan fingerprint density at radius 2 is 2.29 bits per heavy atom. The molecule has 1 N–H and O–H groups in total. The Labute approximate surface area is 143 Å². The van der Waals surface area contributed by atoms with Crippen molar-refractivity contribution in [1.82, 2.24) is 25.0 Å². The second-order valence-electron chi connectivity index (χ2n) is 6.54. The quantitative estimate of drug-likeness (QED) is 0.906. The zero-order chi connectivity index (χ0) is 16.7. The van der Waals surface area contributed by atoms with Crippen LogP contribution in [-0.4, -0.2) is 44.6 Å². The minimum absolute atomic E-state index is 0.0515. The molecule has 8 heteroatoms. The number of nitrogens with one attached hydrogen (secondary N) is 1. The Morgan fingerprint density at radius 3 is 3.00 bits per heavy atom. The highest BCUT2D eigenvalue weighted by Crippen LogP contribution is 2.40. The Hall–Kier alpha value is -2.22. The zero-order valence-corrected chi connectivity index (χ0v) is 14.2. The SMILES string of the molecule is C[C@@H]1C[C@H]1C(=O)N1Cc2ccnn2[C@@H](CNC(=O)c2cscn2)C1. The van der Waals surface area contributed by atoms with E-state index in [1.54, 1.807) is 17.1 Å². The van der Waals surface area contributed by atoms with Gasteiger partial charge < -0.3 is 10.2 Å². The van der Waals surface area contributed by atoms with E-state index in [2.05, 4.69) is 22.3 Å². The summed E-state index contributed by atoms with van der Waals surface area (Å²) in [6, 6.07) is 1.88. The third kappa shape index (κ3) is 2.82. The smallest absolute Gasteiger partial charge is 0.270 e. The topological polar surface area (TPSA) is 80.1 Å². The number of fused-ring (bicyclic) bond motifs is 1. The average molecular weight is 345 g/mol. The molecule has 1 aliphatic carbocycles. The fraction of sp³-hybridized carbons (Fsp3) is 0.500. The monoisotopic (exact) mass is 345 g/mol. The lowest BCUT2D eigenvalue weighted by Gasteiger charge is -2.34. The molecule has 3 atom stereocenters. The third-order valence-corrected chi connectivity index (χ3v) is 5.37. The molecule has 7 nitrogen and oxygen atoms in total. The van der Waals surface area contributed by atoms with Gasteiger partial charge in [-0.2, -0.15) is 5.10 Å². The predicted molar refractivity (Wildman–Crippen MR) is 88.4 cm³/mol. The Kier molecular flexibility index (Phi) is 3.84. The first-order valence-electron chi connectivity index (χ1n) is 8.11. The summed E-state index contributed by atoms with van der Waals surface area (Å²) in [5.41, 5.74) is 3.07. The highest BCUT2D eigenvalue weighted by Gasteiger charge is 2.43. The zero-order valence-electron chi connectivity index (χ0n) is 13.4. The van der Waals surface area contributed by atoms with Crippen LogP contribution in [0.15, 0.2) is 23.2 Å². The van der Waals surface area contributed by atoms with Crippen LogP contribution in [0.3, 0.4) is 0 Å². The maximum atomic E-state index is 12.6. The van der Waals surface area contributed by atoms with Crippen molar-refractivity contribution in [3.63, 3.8) is 0 Å². The molecule has 126 valence electrons. The van der Waals surface area contributed by atoms with Crippen molar-refractivity contribution in [2.45, 2.75) is 25.9 Å². The van der Waals surface area contributed by atoms with Crippen LogP contribution < -0.4 is 5.32 Å². The van der Waals surface area contributed by atoms with Crippen LogP contribution in [0.2, 0.25) is 0 Å². The van der Waals surface area contributed by atoms with Gasteiger partial charge in [0.1, 0.15) is 5.69 Å². The molecule has 2 amide bonds. The number of amides is 2. The molecule has 4 rings (SSSR count). The lowest BCUT2D eigenvalue weighted by molar-refractivity contribution is -0.135. The van der Waals surface area contributed by atoms with Crippen LogP contribution >= 0.6 is 11.3 Å². The van der Waals surface area contributed by atoms with Crippen molar-refractivity contribution >= 4 is 23.2 Å². The number of thiazole rings is 1. The first-order valence-corrected chi connectivity index (χ1v) is 9.05. The largest absolute Gasteiger partial charge is 0.348 e. The number of hydrogen-bond donors (Lipinski definition) is 1. The molecule has 0 bridgehead atoms. The van der Waals surface area contributed by atoms with Gasteiger partial charge in [-0.25, -0.2) is 4.98 Å². The average Bonchev–Trinajstić information content (AvgIpc) is 3.03. The maximum Gasteiger partial charge on any atom is 0.270 e. The van der Waals surface area contributed by atoms with Gasteiger partial charge in [0.15, 0.2) is 0 Å². The van der Waals surface area contributed by atoms with E-state index in [0.717, 1.165) is 12.1 Å². The highest BCUT2D eigenvalue weighted by molar-refractivity contribution is 7.07. The van der Waals surface area contributed by atoms with Crippen LogP contribution in [0.4, 0.5) is 0 Å². The molecule has 0 spiro atoms. The van der Waals surface area contributed by atoms with Crippen molar-refractivity contribution in [3.05, 3.63) is 34.5 Å². The van der Waals surface area contributed by atoms with Gasteiger partial charge in [0.25, 0.3) is 5.91 Å². The molecule has 24 heavy (non-hydrogen) atoms. The Morgan fingerprint density at radius 1 is 1.46 bits per heavy atom. The highest BCUT2D eigenvalue weighted by atomic mass is 32.1. The minimum Gasteiger partial charge on any atom is -0.348 e. The van der Waals surface area contributed by atoms with Gasteiger partial charge in [0.05, 0.1) is 23.8 Å². The summed E-state index contributed by atoms with van der Waals surface area (Å²) in [6.45, 7) is 3.71. The molecule has 0 saturated heterocycles. The van der Waals surface area contributed by atoms with Crippen molar-refractivity contribution in [2.75, 3.05) is 13.1 Å². The van der Waals surface area contributed by atoms with Crippen molar-refractivity contribution in [1.29, 1.82) is 0 Å². The Bertz CT molecular complexity index is 756. The number of rotatable bonds is 4. The second kappa shape index (κ2) is 6.01. The molecule has 0 unspecified atom stereocenters. The first-order chi connectivity index (χ1) is 11.6. The van der Waals surface area contributed by atoms with E-state index < -0.39 is 0 Å². The molecule has 2 aromatic heterocycles. The number of carbonyl (C=O) groups is 2. The van der Waals surface area contributed by atoms with E-state index in [1.165, 1.54) is 11.3 Å². The van der Waals surface area contributed by atoms with Crippen LogP contribution in [0.25, 0.3) is 0 Å². The van der Waals surface area contributed by atoms with E-state index in [0.29, 0.717) is 31.2 Å². The number of hydrogen-bond acceptors (Lipinski definition) is 5. The van der Waals surface area contributed by atoms with Gasteiger partial charge >= 0.3 is 0 Å². The lowest BCUT2D eigenvalue weighted by Crippen LogP contribution is -2.45. The normalized spacial score (nSPS) is 25.2. The van der Waals surface area contributed by atoms with Gasteiger partial charge in [0.2, 0.25) is 5.91 Å². The molecular weight excluding hydrogens is 326 g/mol. The summed E-state index contributed by atoms with van der Waals surface area (Å²) in [6.07, 6.45) is 2.73. The van der Waals surface area contributed by atoms with E-state index >= 15 is 0 Å². The molecule has 1 fully saturated rings. The maximum absolute atomic E-state index is 12.6. The Balaban J connectivity index is 1.45. The lowest BCUT2D eigenvalue weighted by atomic mass is 10.1. The molecule has 1 aliphatic heterocycles. The minimum atomic E-state index is -0.191. The van der Waals surface area contributed by atoms with Crippen molar-refractivity contribution in [3.8, 4) is 0 Å². The van der Waals surface area contributed by atoms with Crippen LogP contribution in [0, 0.1) is 11.8 Å². The molecule has 2 aromatic rings. The fourth-order valence-electron chi connectivity index (χ4n) is 3.23. The number of carbonyl (C=O) groups excluding carboxylic acids is 2. The summed E-state index contributed by atoms with van der Waals surface area (Å²) in [7, 11) is 0. The molecule has 3 heterocycles. The van der Waals surface area contributed by atoms with E-state index in [1.807, 2.05) is 15.6 Å². The molecular formula is C16H19N5O2S. The summed E-state index contributed by atoms with van der Waals surface area (Å²) in [5.74, 6) is 0.701. The van der Waals surface area contributed by atoms with E-state index in [-0.39, 0.29) is 23.8 Å². The van der Waals surface area contributed by atoms with Gasteiger partial charge in [-0.15, -0.1) is 11.3 Å². The first kappa shape index (κ1) is 15.3. The van der Waals surface area contributed by atoms with Crippen LogP contribution in [0.5, 0.6) is 0 Å². The fourth-order valence-corrected chi connectivity index (χ4v) is 3.76. The molecule has 1 saturated carbocycles. The molecule has 0 radical (unpaired) electrons. The third-order valence-electron chi connectivity index (χ3n) is 4.78. The summed E-state index contributed by atoms with van der Waals surface area (Å²) < 4.78 is 1.92. The predicted octanol–water partition coefficient (Wildman–Crippen LogP) is 1.31.